The molecule has 9 heteroatoms. The average Bonchev–Trinajstić information content (AvgIpc) is 2.93. The summed E-state index contributed by atoms with van der Waals surface area (Å²) in [5.74, 6) is -0.718. The lowest BCUT2D eigenvalue weighted by molar-refractivity contribution is -0.136. The number of fused-ring (bicyclic) bond motifs is 1. The molecule has 2 heterocycles. The van der Waals surface area contributed by atoms with Crippen LogP contribution in [0.5, 0.6) is 0 Å². The number of amides is 1. The molecule has 0 aliphatic carbocycles. The largest absolute Gasteiger partial charge is 0.418 e. The van der Waals surface area contributed by atoms with Crippen molar-refractivity contribution >= 4 is 40.4 Å². The Morgan fingerprint density at radius 2 is 1.88 bits per heavy atom. The minimum Gasteiger partial charge on any atom is -0.320 e. The molecule has 0 unspecified atom stereocenters. The molecule has 0 saturated heterocycles. The van der Waals surface area contributed by atoms with Gasteiger partial charge in [0.1, 0.15) is 11.3 Å². The summed E-state index contributed by atoms with van der Waals surface area (Å²) in [4.78, 5) is 17.0. The SMILES string of the molecule is CCc1nc2ccc(Cl)cn2c1C(=O)Nc1ccc(Cl)cc1C(F)(F)F. The Hall–Kier alpha value is -2.25. The topological polar surface area (TPSA) is 46.4 Å². The Balaban J connectivity index is 2.07. The van der Waals surface area contributed by atoms with E-state index in [2.05, 4.69) is 10.3 Å². The molecule has 0 aliphatic rings. The molecule has 136 valence electrons. The number of alkyl halides is 3. The molecular weight excluding hydrogens is 390 g/mol. The van der Waals surface area contributed by atoms with Crippen LogP contribution in [-0.4, -0.2) is 15.3 Å². The van der Waals surface area contributed by atoms with Crippen LogP contribution in [0.3, 0.4) is 0 Å². The normalized spacial score (nSPS) is 11.8. The number of aryl methyl sites for hydroxylation is 1. The number of benzene rings is 1. The predicted molar refractivity (Wildman–Crippen MR) is 94.0 cm³/mol. The quantitative estimate of drug-likeness (QED) is 0.631. The number of hydrogen-bond acceptors (Lipinski definition) is 2. The number of imidazole rings is 1. The molecule has 0 bridgehead atoms. The zero-order chi connectivity index (χ0) is 19.1. The second-order valence-electron chi connectivity index (χ2n) is 5.48. The highest BCUT2D eigenvalue weighted by Gasteiger charge is 2.34. The maximum absolute atomic E-state index is 13.2. The monoisotopic (exact) mass is 401 g/mol. The molecular formula is C17H12Cl2F3N3O. The number of aromatic nitrogens is 2. The smallest absolute Gasteiger partial charge is 0.320 e. The minimum absolute atomic E-state index is 0.0776. The van der Waals surface area contributed by atoms with Crippen LogP contribution in [0.1, 0.15) is 28.7 Å². The number of halogens is 5. The van der Waals surface area contributed by atoms with E-state index in [0.29, 0.717) is 22.8 Å². The number of pyridine rings is 1. The van der Waals surface area contributed by atoms with Gasteiger partial charge in [0, 0.05) is 11.2 Å². The molecule has 1 aromatic carbocycles. The summed E-state index contributed by atoms with van der Waals surface area (Å²) in [7, 11) is 0. The molecule has 26 heavy (non-hydrogen) atoms. The Morgan fingerprint density at radius 1 is 1.19 bits per heavy atom. The first-order valence-electron chi connectivity index (χ1n) is 7.55. The molecule has 4 nitrogen and oxygen atoms in total. The number of hydrogen-bond donors (Lipinski definition) is 1. The van der Waals surface area contributed by atoms with E-state index in [9.17, 15) is 18.0 Å². The van der Waals surface area contributed by atoms with Gasteiger partial charge in [-0.15, -0.1) is 0 Å². The molecule has 3 rings (SSSR count). The molecule has 3 aromatic rings. The van der Waals surface area contributed by atoms with Gasteiger partial charge in [-0.25, -0.2) is 4.98 Å². The van der Waals surface area contributed by atoms with Crippen molar-refractivity contribution in [1.29, 1.82) is 0 Å². The Labute approximate surface area is 156 Å². The van der Waals surface area contributed by atoms with E-state index in [1.807, 2.05) is 0 Å². The van der Waals surface area contributed by atoms with Crippen LogP contribution in [0.4, 0.5) is 18.9 Å². The first-order valence-corrected chi connectivity index (χ1v) is 8.31. The van der Waals surface area contributed by atoms with Crippen molar-refractivity contribution in [3.05, 3.63) is 63.5 Å². The maximum atomic E-state index is 13.2. The third-order valence-electron chi connectivity index (χ3n) is 3.74. The van der Waals surface area contributed by atoms with Gasteiger partial charge in [-0.2, -0.15) is 13.2 Å². The molecule has 0 radical (unpaired) electrons. The second kappa shape index (κ2) is 6.81. The van der Waals surface area contributed by atoms with Gasteiger partial charge in [-0.05, 0) is 36.8 Å². The summed E-state index contributed by atoms with van der Waals surface area (Å²) in [6.07, 6.45) is -2.75. The lowest BCUT2D eigenvalue weighted by atomic mass is 10.1. The van der Waals surface area contributed by atoms with Crippen molar-refractivity contribution < 1.29 is 18.0 Å². The van der Waals surface area contributed by atoms with Gasteiger partial charge in [-0.3, -0.25) is 9.20 Å². The Kier molecular flexibility index (Phi) is 4.86. The van der Waals surface area contributed by atoms with Crippen molar-refractivity contribution in [3.8, 4) is 0 Å². The lowest BCUT2D eigenvalue weighted by Crippen LogP contribution is -2.19. The third-order valence-corrected chi connectivity index (χ3v) is 4.20. The highest BCUT2D eigenvalue weighted by Crippen LogP contribution is 2.36. The molecule has 0 aliphatic heterocycles. The van der Waals surface area contributed by atoms with E-state index in [1.165, 1.54) is 16.7 Å². The van der Waals surface area contributed by atoms with Crippen LogP contribution in [-0.2, 0) is 12.6 Å². The molecule has 2 aromatic heterocycles. The summed E-state index contributed by atoms with van der Waals surface area (Å²) in [5.41, 5.74) is -0.349. The molecule has 0 spiro atoms. The summed E-state index contributed by atoms with van der Waals surface area (Å²) < 4.78 is 41.1. The second-order valence-corrected chi connectivity index (χ2v) is 6.35. The van der Waals surface area contributed by atoms with Crippen LogP contribution in [0.2, 0.25) is 10.0 Å². The summed E-state index contributed by atoms with van der Waals surface area (Å²) >= 11 is 11.6. The van der Waals surface area contributed by atoms with Crippen molar-refractivity contribution in [2.75, 3.05) is 5.32 Å². The Morgan fingerprint density at radius 3 is 2.54 bits per heavy atom. The van der Waals surface area contributed by atoms with Gasteiger partial charge < -0.3 is 5.32 Å². The number of anilines is 1. The van der Waals surface area contributed by atoms with Crippen LogP contribution in [0, 0.1) is 0 Å². The number of nitrogens with zero attached hydrogens (tertiary/aromatic N) is 2. The molecule has 1 N–H and O–H groups in total. The van der Waals surface area contributed by atoms with Gasteiger partial charge in [0.2, 0.25) is 0 Å². The highest BCUT2D eigenvalue weighted by molar-refractivity contribution is 6.31. The van der Waals surface area contributed by atoms with E-state index < -0.39 is 17.6 Å². The first kappa shape index (κ1) is 18.5. The number of nitrogens with one attached hydrogen (secondary N) is 1. The standard InChI is InChI=1S/C17H12Cl2F3N3O/c1-2-12-15(25-8-10(19)4-6-14(25)23-12)16(26)24-13-5-3-9(18)7-11(13)17(20,21)22/h3-8H,2H2,1H3,(H,24,26). The number of carbonyl (C=O) groups is 1. The average molecular weight is 402 g/mol. The molecule has 0 fully saturated rings. The van der Waals surface area contributed by atoms with E-state index in [0.717, 1.165) is 12.1 Å². The fraction of sp³-hybridized carbons (Fsp3) is 0.176. The van der Waals surface area contributed by atoms with Gasteiger partial charge in [0.15, 0.2) is 0 Å². The van der Waals surface area contributed by atoms with Crippen molar-refractivity contribution in [1.82, 2.24) is 9.38 Å². The lowest BCUT2D eigenvalue weighted by Gasteiger charge is -2.14. The van der Waals surface area contributed by atoms with Crippen molar-refractivity contribution in [2.45, 2.75) is 19.5 Å². The summed E-state index contributed by atoms with van der Waals surface area (Å²) in [6.45, 7) is 1.80. The zero-order valence-electron chi connectivity index (χ0n) is 13.4. The van der Waals surface area contributed by atoms with E-state index in [4.69, 9.17) is 23.2 Å². The molecule has 0 atom stereocenters. The highest BCUT2D eigenvalue weighted by atomic mass is 35.5. The fourth-order valence-corrected chi connectivity index (χ4v) is 2.93. The summed E-state index contributed by atoms with van der Waals surface area (Å²) in [6, 6.07) is 6.40. The number of rotatable bonds is 3. The van der Waals surface area contributed by atoms with Gasteiger partial charge in [-0.1, -0.05) is 30.1 Å². The predicted octanol–water partition coefficient (Wildman–Crippen LogP) is 5.47. The van der Waals surface area contributed by atoms with Crippen LogP contribution >= 0.6 is 23.2 Å². The van der Waals surface area contributed by atoms with E-state index in [1.54, 1.807) is 19.1 Å². The van der Waals surface area contributed by atoms with Gasteiger partial charge in [0.25, 0.3) is 5.91 Å². The molecule has 0 saturated carbocycles. The van der Waals surface area contributed by atoms with Crippen molar-refractivity contribution in [3.63, 3.8) is 0 Å². The molecule has 1 amide bonds. The fourth-order valence-electron chi connectivity index (χ4n) is 2.60. The summed E-state index contributed by atoms with van der Waals surface area (Å²) in [5, 5.41) is 2.60. The van der Waals surface area contributed by atoms with Gasteiger partial charge >= 0.3 is 6.18 Å². The Bertz CT molecular complexity index is 999. The van der Waals surface area contributed by atoms with E-state index in [-0.39, 0.29) is 16.4 Å². The number of carbonyl (C=O) groups excluding carboxylic acids is 1. The van der Waals surface area contributed by atoms with E-state index >= 15 is 0 Å². The third kappa shape index (κ3) is 3.50. The zero-order valence-corrected chi connectivity index (χ0v) is 14.9. The van der Waals surface area contributed by atoms with Gasteiger partial charge in [0.05, 0.1) is 22.0 Å². The first-order chi connectivity index (χ1) is 12.2. The van der Waals surface area contributed by atoms with Crippen LogP contribution < -0.4 is 5.32 Å². The van der Waals surface area contributed by atoms with Crippen LogP contribution in [0.15, 0.2) is 36.5 Å². The van der Waals surface area contributed by atoms with Crippen LogP contribution in [0.25, 0.3) is 5.65 Å². The van der Waals surface area contributed by atoms with Crippen molar-refractivity contribution in [2.24, 2.45) is 0 Å². The maximum Gasteiger partial charge on any atom is 0.418 e. The minimum atomic E-state index is -4.66.